The van der Waals surface area contributed by atoms with Crippen LogP contribution in [0.25, 0.3) is 0 Å². The van der Waals surface area contributed by atoms with Crippen LogP contribution < -0.4 is 16.2 Å². The number of hydrogen-bond acceptors (Lipinski definition) is 9. The molecular weight excluding hydrogens is 672 g/mol. The third-order valence-corrected chi connectivity index (χ3v) is 15.5. The van der Waals surface area contributed by atoms with E-state index in [-0.39, 0.29) is 24.0 Å². The molecule has 8 fully saturated rings. The Morgan fingerprint density at radius 2 is 1.21 bits per heavy atom. The molecule has 10 rings (SSSR count). The van der Waals surface area contributed by atoms with Crippen molar-refractivity contribution in [2.75, 3.05) is 32.9 Å². The summed E-state index contributed by atoms with van der Waals surface area (Å²) in [5, 5.41) is 20.1. The van der Waals surface area contributed by atoms with Crippen molar-refractivity contribution in [1.82, 2.24) is 0 Å². The zero-order valence-electron chi connectivity index (χ0n) is 31.1. The highest BCUT2D eigenvalue weighted by Gasteiger charge is 2.61. The van der Waals surface area contributed by atoms with Crippen molar-refractivity contribution in [3.63, 3.8) is 0 Å². The van der Waals surface area contributed by atoms with E-state index < -0.39 is 10.2 Å². The smallest absolute Gasteiger partial charge is 0.294 e. The zero-order chi connectivity index (χ0) is 36.7. The van der Waals surface area contributed by atoms with E-state index in [2.05, 4.69) is 52.1 Å². The van der Waals surface area contributed by atoms with Crippen LogP contribution in [-0.2, 0) is 26.9 Å². The molecule has 288 valence electrons. The maximum atomic E-state index is 10.8. The number of rotatable bonds is 18. The van der Waals surface area contributed by atoms with Crippen LogP contribution in [0.5, 0.6) is 5.75 Å². The molecule has 11 heteroatoms. The minimum atomic E-state index is -0.723. The summed E-state index contributed by atoms with van der Waals surface area (Å²) in [4.78, 5) is 30.7. The molecular formula is C42H58N4O7. The molecule has 2 aromatic carbocycles. The van der Waals surface area contributed by atoms with Gasteiger partial charge >= 0.3 is 0 Å². The predicted octanol–water partition coefficient (Wildman–Crippen LogP) is 7.28. The first-order chi connectivity index (χ1) is 25.7. The summed E-state index contributed by atoms with van der Waals surface area (Å²) >= 11 is 0. The molecule has 0 amide bonds. The molecule has 4 N–H and O–H groups in total. The molecule has 0 aliphatic heterocycles. The topological polar surface area (TPSA) is 166 Å². The molecule has 8 aliphatic carbocycles. The fourth-order valence-corrected chi connectivity index (χ4v) is 14.1. The molecule has 0 radical (unpaired) electrons. The van der Waals surface area contributed by atoms with Gasteiger partial charge in [0.25, 0.3) is 10.2 Å². The largest absolute Gasteiger partial charge is 0.493 e. The fourth-order valence-electron chi connectivity index (χ4n) is 14.1. The van der Waals surface area contributed by atoms with Crippen LogP contribution in [0.4, 0.5) is 0 Å². The second-order valence-corrected chi connectivity index (χ2v) is 17.7. The van der Waals surface area contributed by atoms with Crippen molar-refractivity contribution in [3.05, 3.63) is 84.9 Å². The maximum absolute atomic E-state index is 10.8. The van der Waals surface area contributed by atoms with Crippen molar-refractivity contribution in [3.8, 4) is 5.75 Å². The summed E-state index contributed by atoms with van der Waals surface area (Å²) in [6, 6.07) is 16.2. The Balaban J connectivity index is 1.07. The van der Waals surface area contributed by atoms with Crippen molar-refractivity contribution in [1.29, 1.82) is 0 Å². The number of nitrogens with two attached hydrogens (primary N) is 2. The van der Waals surface area contributed by atoms with Crippen LogP contribution in [0.3, 0.4) is 0 Å². The van der Waals surface area contributed by atoms with Crippen LogP contribution in [-0.4, -0.2) is 43.1 Å². The highest BCUT2D eigenvalue weighted by molar-refractivity contribution is 5.46. The van der Waals surface area contributed by atoms with Gasteiger partial charge in [-0.15, -0.1) is 20.2 Å². The Kier molecular flexibility index (Phi) is 10.3. The van der Waals surface area contributed by atoms with E-state index in [0.717, 1.165) is 36.8 Å². The Hall–Kier alpha value is -3.44. The van der Waals surface area contributed by atoms with E-state index in [0.29, 0.717) is 74.0 Å². The van der Waals surface area contributed by atoms with Crippen LogP contribution in [0, 0.1) is 67.6 Å². The van der Waals surface area contributed by atoms with Gasteiger partial charge in [0.15, 0.2) is 0 Å². The average Bonchev–Trinajstić information content (AvgIpc) is 3.12. The molecule has 0 aromatic heterocycles. The lowest BCUT2D eigenvalue weighted by molar-refractivity contribution is -0.757. The molecule has 2 aromatic rings. The summed E-state index contributed by atoms with van der Waals surface area (Å²) in [6.45, 7) is 1.86. The lowest BCUT2D eigenvalue weighted by Gasteiger charge is -2.64. The monoisotopic (exact) mass is 730 g/mol. The SMILES string of the molecule is NCCC1(c2ccc(C3C4CC5CC3CC(C4)C5(CCN)c3cccc(CCCO[N+](=O)[O-])c3)c(OCCCO[N+](=O)[O-])c2)C2CC3CC(C2)CC1C3. The third-order valence-electron chi connectivity index (χ3n) is 15.5. The molecule has 8 aliphatic rings. The van der Waals surface area contributed by atoms with Gasteiger partial charge in [-0.1, -0.05) is 36.4 Å². The Bertz CT molecular complexity index is 1590. The molecule has 0 heterocycles. The third kappa shape index (κ3) is 6.57. The first-order valence-corrected chi connectivity index (χ1v) is 20.6. The van der Waals surface area contributed by atoms with Gasteiger partial charge in [0, 0.05) is 17.3 Å². The van der Waals surface area contributed by atoms with Crippen molar-refractivity contribution in [2.45, 2.75) is 107 Å². The quantitative estimate of drug-likeness (QED) is 0.0910. The molecule has 8 bridgehead atoms. The lowest BCUT2D eigenvalue weighted by Crippen LogP contribution is -2.58. The Morgan fingerprint density at radius 1 is 0.660 bits per heavy atom. The number of hydrogen-bond donors (Lipinski definition) is 2. The molecule has 0 atom stereocenters. The van der Waals surface area contributed by atoms with Crippen molar-refractivity contribution < 1.29 is 24.6 Å². The highest BCUT2D eigenvalue weighted by Crippen LogP contribution is 2.69. The van der Waals surface area contributed by atoms with Gasteiger partial charge < -0.3 is 25.9 Å². The summed E-state index contributed by atoms with van der Waals surface area (Å²) in [7, 11) is 0. The Morgan fingerprint density at radius 3 is 1.77 bits per heavy atom. The highest BCUT2D eigenvalue weighted by atomic mass is 17.0. The molecule has 0 unspecified atom stereocenters. The Labute approximate surface area is 313 Å². The molecule has 0 spiro atoms. The van der Waals surface area contributed by atoms with Gasteiger partial charge in [0.2, 0.25) is 0 Å². The minimum Gasteiger partial charge on any atom is -0.493 e. The zero-order valence-corrected chi connectivity index (χ0v) is 31.1. The first-order valence-electron chi connectivity index (χ1n) is 20.6. The van der Waals surface area contributed by atoms with Gasteiger partial charge in [-0.25, -0.2) is 0 Å². The minimum absolute atomic E-state index is 0.0290. The number of nitrogens with zero attached hydrogens (tertiary/aromatic N) is 2. The summed E-state index contributed by atoms with van der Waals surface area (Å²) in [5.41, 5.74) is 18.3. The molecule has 53 heavy (non-hydrogen) atoms. The standard InChI is InChI=1S/C42H58N4O7/c43-11-9-41(32-6-1-4-27(17-32)5-2-14-52-45(47)48)36-22-30-23-37(41)25-31(24-36)40(30)38-8-7-33(26-39(38)51-13-3-15-53-46(49)50)42(10-12-44)34-18-28-16-29(20-34)21-35(42)19-28/h1,4,6-8,17,26,28-31,34-37,40H,2-3,5,9-16,18-25,43-44H2. The van der Waals surface area contributed by atoms with Gasteiger partial charge in [0.05, 0.1) is 19.8 Å². The molecule has 8 saturated carbocycles. The van der Waals surface area contributed by atoms with E-state index in [9.17, 15) is 20.2 Å². The predicted molar refractivity (Wildman–Crippen MR) is 200 cm³/mol. The second kappa shape index (κ2) is 15.0. The molecule has 0 saturated heterocycles. The van der Waals surface area contributed by atoms with Crippen LogP contribution in [0.15, 0.2) is 42.5 Å². The van der Waals surface area contributed by atoms with E-state index in [1.54, 1.807) is 0 Å². The van der Waals surface area contributed by atoms with E-state index >= 15 is 0 Å². The second-order valence-electron chi connectivity index (χ2n) is 17.7. The fraction of sp³-hybridized carbons (Fsp3) is 0.714. The van der Waals surface area contributed by atoms with E-state index in [4.69, 9.17) is 16.2 Å². The first kappa shape index (κ1) is 36.5. The van der Waals surface area contributed by atoms with Gasteiger partial charge in [-0.2, -0.15) is 0 Å². The maximum Gasteiger partial charge on any atom is 0.294 e. The average molecular weight is 731 g/mol. The number of ether oxygens (including phenoxy) is 1. The number of benzene rings is 2. The molecule has 11 nitrogen and oxygen atoms in total. The van der Waals surface area contributed by atoms with Crippen LogP contribution in [0.2, 0.25) is 0 Å². The summed E-state index contributed by atoms with van der Waals surface area (Å²) in [6.07, 6.45) is 15.2. The van der Waals surface area contributed by atoms with E-state index in [1.165, 1.54) is 80.0 Å². The van der Waals surface area contributed by atoms with Crippen LogP contribution >= 0.6 is 0 Å². The summed E-state index contributed by atoms with van der Waals surface area (Å²) < 4.78 is 6.70. The van der Waals surface area contributed by atoms with Crippen molar-refractivity contribution >= 4 is 0 Å². The normalized spacial score (nSPS) is 36.1. The van der Waals surface area contributed by atoms with Crippen LogP contribution in [0.1, 0.15) is 112 Å². The number of aryl methyl sites for hydroxylation is 1. The summed E-state index contributed by atoms with van der Waals surface area (Å²) in [5.74, 6) is 6.76. The van der Waals surface area contributed by atoms with Gasteiger partial charge in [0.1, 0.15) is 5.75 Å². The van der Waals surface area contributed by atoms with Crippen molar-refractivity contribution in [2.24, 2.45) is 58.8 Å². The van der Waals surface area contributed by atoms with E-state index in [1.807, 2.05) is 0 Å². The van der Waals surface area contributed by atoms with Gasteiger partial charge in [-0.05, 0) is 178 Å². The lowest BCUT2D eigenvalue weighted by atomic mass is 9.40. The van der Waals surface area contributed by atoms with Gasteiger partial charge in [-0.3, -0.25) is 0 Å².